The molecule has 0 unspecified atom stereocenters. The molecule has 1 N–H and O–H groups in total. The predicted octanol–water partition coefficient (Wildman–Crippen LogP) is 2.10. The first-order valence-corrected chi connectivity index (χ1v) is 4.81. The Balaban J connectivity index is 2.83. The van der Waals surface area contributed by atoms with Gasteiger partial charge >= 0.3 is 0 Å². The Labute approximate surface area is 90.0 Å². The lowest BCUT2D eigenvalue weighted by Crippen LogP contribution is -1.90. The quantitative estimate of drug-likeness (QED) is 0.805. The molecular weight excluding hydrogens is 192 g/mol. The van der Waals surface area contributed by atoms with Crippen LogP contribution >= 0.6 is 0 Å². The van der Waals surface area contributed by atoms with Crippen LogP contribution in [0.1, 0.15) is 12.0 Å². The lowest BCUT2D eigenvalue weighted by atomic mass is 10.2. The van der Waals surface area contributed by atoms with Crippen molar-refractivity contribution >= 4 is 6.08 Å². The number of rotatable bonds is 5. The summed E-state index contributed by atoms with van der Waals surface area (Å²) in [6, 6.07) is 5.69. The monoisotopic (exact) mass is 208 g/mol. The first kappa shape index (κ1) is 11.6. The van der Waals surface area contributed by atoms with Gasteiger partial charge in [-0.15, -0.1) is 0 Å². The predicted molar refractivity (Wildman–Crippen MR) is 60.3 cm³/mol. The van der Waals surface area contributed by atoms with E-state index in [0.717, 1.165) is 11.3 Å². The molecule has 0 saturated carbocycles. The molecule has 15 heavy (non-hydrogen) atoms. The van der Waals surface area contributed by atoms with E-state index < -0.39 is 0 Å². The maximum atomic E-state index is 8.63. The molecule has 0 amide bonds. The molecule has 0 heterocycles. The van der Waals surface area contributed by atoms with Crippen LogP contribution < -0.4 is 9.47 Å². The third kappa shape index (κ3) is 3.29. The highest BCUT2D eigenvalue weighted by Crippen LogP contribution is 2.27. The number of hydrogen-bond donors (Lipinski definition) is 1. The van der Waals surface area contributed by atoms with Crippen LogP contribution in [0.3, 0.4) is 0 Å². The number of aliphatic hydroxyl groups is 1. The summed E-state index contributed by atoms with van der Waals surface area (Å²) in [5.41, 5.74) is 1.03. The number of methoxy groups -OCH3 is 2. The molecule has 1 aromatic rings. The third-order valence-corrected chi connectivity index (χ3v) is 2.01. The molecule has 3 nitrogen and oxygen atoms in total. The number of ether oxygens (including phenoxy) is 2. The van der Waals surface area contributed by atoms with Gasteiger partial charge in [0, 0.05) is 6.61 Å². The molecule has 1 aromatic carbocycles. The van der Waals surface area contributed by atoms with Crippen LogP contribution in [0.2, 0.25) is 0 Å². The summed E-state index contributed by atoms with van der Waals surface area (Å²) in [6.07, 6.45) is 4.52. The van der Waals surface area contributed by atoms with Crippen molar-refractivity contribution in [3.63, 3.8) is 0 Å². The van der Waals surface area contributed by atoms with E-state index in [2.05, 4.69) is 0 Å². The topological polar surface area (TPSA) is 38.7 Å². The van der Waals surface area contributed by atoms with E-state index in [4.69, 9.17) is 14.6 Å². The fourth-order valence-electron chi connectivity index (χ4n) is 1.25. The lowest BCUT2D eigenvalue weighted by molar-refractivity contribution is 0.303. The van der Waals surface area contributed by atoms with Crippen LogP contribution in [0.15, 0.2) is 24.3 Å². The Bertz CT molecular complexity index is 332. The largest absolute Gasteiger partial charge is 0.493 e. The van der Waals surface area contributed by atoms with Crippen LogP contribution in [0.4, 0.5) is 0 Å². The zero-order chi connectivity index (χ0) is 11.1. The van der Waals surface area contributed by atoms with Gasteiger partial charge in [-0.2, -0.15) is 0 Å². The highest BCUT2D eigenvalue weighted by Gasteiger charge is 2.01. The molecule has 0 aliphatic heterocycles. The molecule has 82 valence electrons. The van der Waals surface area contributed by atoms with Crippen molar-refractivity contribution in [2.24, 2.45) is 0 Å². The molecule has 0 spiro atoms. The van der Waals surface area contributed by atoms with Gasteiger partial charge in [0.2, 0.25) is 0 Å². The van der Waals surface area contributed by atoms with Gasteiger partial charge in [-0.25, -0.2) is 0 Å². The van der Waals surface area contributed by atoms with Crippen molar-refractivity contribution in [1.82, 2.24) is 0 Å². The summed E-state index contributed by atoms with van der Waals surface area (Å²) in [4.78, 5) is 0. The van der Waals surface area contributed by atoms with Gasteiger partial charge in [0.05, 0.1) is 14.2 Å². The van der Waals surface area contributed by atoms with Crippen molar-refractivity contribution in [3.8, 4) is 11.5 Å². The maximum absolute atomic E-state index is 8.63. The van der Waals surface area contributed by atoms with Crippen LogP contribution in [0, 0.1) is 0 Å². The fraction of sp³-hybridized carbons (Fsp3) is 0.333. The highest BCUT2D eigenvalue weighted by molar-refractivity contribution is 5.55. The molecule has 0 radical (unpaired) electrons. The minimum atomic E-state index is 0.170. The average molecular weight is 208 g/mol. The molecule has 0 bridgehead atoms. The van der Waals surface area contributed by atoms with Gasteiger partial charge in [-0.3, -0.25) is 0 Å². The van der Waals surface area contributed by atoms with E-state index in [0.29, 0.717) is 12.2 Å². The van der Waals surface area contributed by atoms with Crippen molar-refractivity contribution < 1.29 is 14.6 Å². The summed E-state index contributed by atoms with van der Waals surface area (Å²) in [6.45, 7) is 0.170. The summed E-state index contributed by atoms with van der Waals surface area (Å²) in [5.74, 6) is 1.43. The van der Waals surface area contributed by atoms with Crippen LogP contribution in [0.25, 0.3) is 6.08 Å². The Morgan fingerprint density at radius 2 is 1.93 bits per heavy atom. The summed E-state index contributed by atoms with van der Waals surface area (Å²) < 4.78 is 10.3. The highest BCUT2D eigenvalue weighted by atomic mass is 16.5. The molecular formula is C12H16O3. The van der Waals surface area contributed by atoms with Crippen LogP contribution in [-0.2, 0) is 0 Å². The average Bonchev–Trinajstić information content (AvgIpc) is 2.29. The van der Waals surface area contributed by atoms with E-state index in [1.165, 1.54) is 0 Å². The van der Waals surface area contributed by atoms with E-state index in [9.17, 15) is 0 Å². The van der Waals surface area contributed by atoms with E-state index in [1.807, 2.05) is 30.4 Å². The zero-order valence-corrected chi connectivity index (χ0v) is 9.06. The SMILES string of the molecule is COc1ccc(/C=C/CCO)cc1OC. The van der Waals surface area contributed by atoms with E-state index >= 15 is 0 Å². The number of benzene rings is 1. The molecule has 0 atom stereocenters. The molecule has 0 aliphatic rings. The van der Waals surface area contributed by atoms with Crippen molar-refractivity contribution in [2.75, 3.05) is 20.8 Å². The summed E-state index contributed by atoms with van der Waals surface area (Å²) in [5, 5.41) is 8.63. The third-order valence-electron chi connectivity index (χ3n) is 2.01. The molecule has 0 aromatic heterocycles. The molecule has 3 heteroatoms. The molecule has 0 fully saturated rings. The number of hydrogen-bond acceptors (Lipinski definition) is 3. The Morgan fingerprint density at radius 3 is 2.53 bits per heavy atom. The van der Waals surface area contributed by atoms with Crippen molar-refractivity contribution in [1.29, 1.82) is 0 Å². The Hall–Kier alpha value is -1.48. The first-order chi connectivity index (χ1) is 7.31. The second-order valence-electron chi connectivity index (χ2n) is 3.03. The van der Waals surface area contributed by atoms with Gasteiger partial charge in [0.15, 0.2) is 11.5 Å². The van der Waals surface area contributed by atoms with Crippen LogP contribution in [0.5, 0.6) is 11.5 Å². The van der Waals surface area contributed by atoms with Crippen molar-refractivity contribution in [2.45, 2.75) is 6.42 Å². The molecule has 0 aliphatic carbocycles. The first-order valence-electron chi connectivity index (χ1n) is 4.81. The summed E-state index contributed by atoms with van der Waals surface area (Å²) >= 11 is 0. The lowest BCUT2D eigenvalue weighted by Gasteiger charge is -2.07. The van der Waals surface area contributed by atoms with Gasteiger partial charge < -0.3 is 14.6 Å². The van der Waals surface area contributed by atoms with E-state index in [-0.39, 0.29) is 6.61 Å². The normalized spacial score (nSPS) is 10.6. The smallest absolute Gasteiger partial charge is 0.161 e. The van der Waals surface area contributed by atoms with Gasteiger partial charge in [0.25, 0.3) is 0 Å². The van der Waals surface area contributed by atoms with Crippen LogP contribution in [-0.4, -0.2) is 25.9 Å². The second-order valence-corrected chi connectivity index (χ2v) is 3.03. The minimum absolute atomic E-state index is 0.170. The van der Waals surface area contributed by atoms with Gasteiger partial charge in [-0.05, 0) is 24.1 Å². The second kappa shape index (κ2) is 6.09. The van der Waals surface area contributed by atoms with E-state index in [1.54, 1.807) is 14.2 Å². The van der Waals surface area contributed by atoms with Crippen molar-refractivity contribution in [3.05, 3.63) is 29.8 Å². The van der Waals surface area contributed by atoms with Gasteiger partial charge in [0.1, 0.15) is 0 Å². The maximum Gasteiger partial charge on any atom is 0.161 e. The molecule has 1 rings (SSSR count). The fourth-order valence-corrected chi connectivity index (χ4v) is 1.25. The molecule has 0 saturated heterocycles. The zero-order valence-electron chi connectivity index (χ0n) is 9.06. The van der Waals surface area contributed by atoms with Gasteiger partial charge in [-0.1, -0.05) is 18.2 Å². The standard InChI is InChI=1S/C12H16O3/c1-14-11-7-6-10(5-3-4-8-13)9-12(11)15-2/h3,5-7,9,13H,4,8H2,1-2H3/b5-3+. The summed E-state index contributed by atoms with van der Waals surface area (Å²) in [7, 11) is 3.22. The Kier molecular flexibility index (Phi) is 4.71. The number of aliphatic hydroxyl groups excluding tert-OH is 1. The Morgan fingerprint density at radius 1 is 1.20 bits per heavy atom. The minimum Gasteiger partial charge on any atom is -0.493 e.